The number of esters is 1. The summed E-state index contributed by atoms with van der Waals surface area (Å²) in [4.78, 5) is 36.9. The van der Waals surface area contributed by atoms with E-state index in [-0.39, 0.29) is 16.8 Å². The van der Waals surface area contributed by atoms with E-state index >= 15 is 0 Å². The van der Waals surface area contributed by atoms with E-state index in [4.69, 9.17) is 16.3 Å². The first-order valence-corrected chi connectivity index (χ1v) is 9.85. The number of carboxylic acid groups (broad SMARTS) is 1. The molecule has 150 valence electrons. The van der Waals surface area contributed by atoms with Gasteiger partial charge in [-0.05, 0) is 45.0 Å². The molecule has 0 unspecified atom stereocenters. The average Bonchev–Trinajstić information content (AvgIpc) is 2.97. The van der Waals surface area contributed by atoms with E-state index in [1.165, 1.54) is 29.5 Å². The molecule has 2 aromatic carbocycles. The summed E-state index contributed by atoms with van der Waals surface area (Å²) in [5, 5.41) is 13.1. The van der Waals surface area contributed by atoms with Crippen LogP contribution in [0.25, 0.3) is 10.1 Å². The van der Waals surface area contributed by atoms with Gasteiger partial charge in [-0.3, -0.25) is 4.79 Å². The Morgan fingerprint density at radius 3 is 2.34 bits per heavy atom. The third kappa shape index (κ3) is 4.75. The SMILES string of the molecule is CC(C)(C)OC(=O)c1cc(NC(=O)c2sc3ccccc3c2Cl)cc(C(=O)O)c1. The highest BCUT2D eigenvalue weighted by molar-refractivity contribution is 7.21. The normalized spacial score (nSPS) is 11.3. The van der Waals surface area contributed by atoms with Crippen molar-refractivity contribution in [1.29, 1.82) is 0 Å². The molecule has 1 heterocycles. The Kier molecular flexibility index (Phi) is 5.64. The van der Waals surface area contributed by atoms with Crippen LogP contribution in [0.1, 0.15) is 51.2 Å². The van der Waals surface area contributed by atoms with Gasteiger partial charge in [-0.15, -0.1) is 11.3 Å². The number of halogens is 1. The highest BCUT2D eigenvalue weighted by Crippen LogP contribution is 2.35. The van der Waals surface area contributed by atoms with Crippen molar-refractivity contribution in [3.63, 3.8) is 0 Å². The predicted molar refractivity (Wildman–Crippen MR) is 113 cm³/mol. The minimum absolute atomic E-state index is 0.0255. The molecular weight excluding hydrogens is 414 g/mol. The number of rotatable bonds is 4. The highest BCUT2D eigenvalue weighted by Gasteiger charge is 2.22. The van der Waals surface area contributed by atoms with Crippen LogP contribution in [0.15, 0.2) is 42.5 Å². The maximum Gasteiger partial charge on any atom is 0.338 e. The summed E-state index contributed by atoms with van der Waals surface area (Å²) in [6, 6.07) is 11.2. The fraction of sp³-hybridized carbons (Fsp3) is 0.190. The number of benzene rings is 2. The van der Waals surface area contributed by atoms with E-state index in [0.29, 0.717) is 9.90 Å². The molecule has 1 amide bonds. The summed E-state index contributed by atoms with van der Waals surface area (Å²) in [5.74, 6) is -2.41. The fourth-order valence-corrected chi connectivity index (χ4v) is 4.04. The molecule has 29 heavy (non-hydrogen) atoms. The first-order chi connectivity index (χ1) is 13.5. The van der Waals surface area contributed by atoms with E-state index < -0.39 is 23.4 Å². The van der Waals surface area contributed by atoms with Crippen LogP contribution in [0, 0.1) is 0 Å². The maximum absolute atomic E-state index is 12.7. The number of nitrogens with one attached hydrogen (secondary N) is 1. The number of fused-ring (bicyclic) bond motifs is 1. The summed E-state index contributed by atoms with van der Waals surface area (Å²) >= 11 is 7.56. The number of hydrogen-bond donors (Lipinski definition) is 2. The monoisotopic (exact) mass is 431 g/mol. The van der Waals surface area contributed by atoms with Crippen molar-refractivity contribution in [2.24, 2.45) is 0 Å². The lowest BCUT2D eigenvalue weighted by Crippen LogP contribution is -2.24. The molecule has 0 fully saturated rings. The second-order valence-corrected chi connectivity index (χ2v) is 8.73. The fourth-order valence-electron chi connectivity index (χ4n) is 2.63. The number of aromatic carboxylic acids is 1. The first-order valence-electron chi connectivity index (χ1n) is 8.65. The number of carbonyl (C=O) groups is 3. The molecule has 0 atom stereocenters. The molecule has 0 aliphatic heterocycles. The van der Waals surface area contributed by atoms with Gasteiger partial charge in [0.05, 0.1) is 16.1 Å². The van der Waals surface area contributed by atoms with Crippen molar-refractivity contribution in [1.82, 2.24) is 0 Å². The first kappa shape index (κ1) is 20.8. The van der Waals surface area contributed by atoms with Crippen LogP contribution in [-0.4, -0.2) is 28.6 Å². The topological polar surface area (TPSA) is 92.7 Å². The zero-order valence-corrected chi connectivity index (χ0v) is 17.5. The predicted octanol–water partition coefficient (Wildman–Crippen LogP) is 5.46. The van der Waals surface area contributed by atoms with Crippen molar-refractivity contribution in [3.8, 4) is 0 Å². The summed E-state index contributed by atoms with van der Waals surface area (Å²) < 4.78 is 6.16. The van der Waals surface area contributed by atoms with Gasteiger partial charge >= 0.3 is 11.9 Å². The zero-order valence-electron chi connectivity index (χ0n) is 15.9. The number of amides is 1. The molecule has 1 aromatic heterocycles. The molecule has 0 saturated heterocycles. The summed E-state index contributed by atoms with van der Waals surface area (Å²) in [6.45, 7) is 5.12. The summed E-state index contributed by atoms with van der Waals surface area (Å²) in [6.07, 6.45) is 0. The quantitative estimate of drug-likeness (QED) is 0.535. The Labute approximate surface area is 176 Å². The minimum Gasteiger partial charge on any atom is -0.478 e. The molecule has 2 N–H and O–H groups in total. The Hall–Kier alpha value is -2.90. The molecule has 0 bridgehead atoms. The molecule has 0 spiro atoms. The van der Waals surface area contributed by atoms with Gasteiger partial charge in [0, 0.05) is 15.8 Å². The van der Waals surface area contributed by atoms with Crippen LogP contribution in [0.3, 0.4) is 0 Å². The van der Waals surface area contributed by atoms with E-state index in [2.05, 4.69) is 5.32 Å². The standard InChI is InChI=1S/C21H18ClNO5S/c1-21(2,3)28-20(27)12-8-11(19(25)26)9-13(10-12)23-18(24)17-16(22)14-6-4-5-7-15(14)29-17/h4-10H,1-3H3,(H,23,24)(H,25,26). The van der Waals surface area contributed by atoms with E-state index in [1.807, 2.05) is 24.3 Å². The van der Waals surface area contributed by atoms with E-state index in [0.717, 1.165) is 10.1 Å². The number of ether oxygens (including phenoxy) is 1. The molecule has 0 aliphatic rings. The second kappa shape index (κ2) is 7.85. The highest BCUT2D eigenvalue weighted by atomic mass is 35.5. The number of thiophene rings is 1. The zero-order chi connectivity index (χ0) is 21.3. The number of carboxylic acids is 1. The van der Waals surface area contributed by atoms with Crippen molar-refractivity contribution in [2.45, 2.75) is 26.4 Å². The van der Waals surface area contributed by atoms with Gasteiger partial charge in [0.25, 0.3) is 5.91 Å². The largest absolute Gasteiger partial charge is 0.478 e. The molecule has 0 saturated carbocycles. The van der Waals surface area contributed by atoms with Gasteiger partial charge in [0.1, 0.15) is 10.5 Å². The lowest BCUT2D eigenvalue weighted by Gasteiger charge is -2.20. The van der Waals surface area contributed by atoms with E-state index in [1.54, 1.807) is 20.8 Å². The third-order valence-corrected chi connectivity index (χ3v) is 5.49. The van der Waals surface area contributed by atoms with Crippen molar-refractivity contribution in [3.05, 3.63) is 63.5 Å². The van der Waals surface area contributed by atoms with Crippen LogP contribution in [0.4, 0.5) is 5.69 Å². The molecule has 0 radical (unpaired) electrons. The Balaban J connectivity index is 1.95. The van der Waals surface area contributed by atoms with Gasteiger partial charge in [0.15, 0.2) is 0 Å². The van der Waals surface area contributed by atoms with Crippen molar-refractivity contribution >= 4 is 56.6 Å². The van der Waals surface area contributed by atoms with Gasteiger partial charge in [-0.2, -0.15) is 0 Å². The molecule has 8 heteroatoms. The van der Waals surface area contributed by atoms with Crippen LogP contribution < -0.4 is 5.32 Å². The van der Waals surface area contributed by atoms with Gasteiger partial charge in [-0.25, -0.2) is 9.59 Å². The van der Waals surface area contributed by atoms with Gasteiger partial charge in [-0.1, -0.05) is 29.8 Å². The second-order valence-electron chi connectivity index (χ2n) is 7.30. The maximum atomic E-state index is 12.7. The molecule has 3 aromatic rings. The van der Waals surface area contributed by atoms with Crippen LogP contribution in [0.5, 0.6) is 0 Å². The molecule has 0 aliphatic carbocycles. The smallest absolute Gasteiger partial charge is 0.338 e. The Morgan fingerprint density at radius 2 is 1.72 bits per heavy atom. The molecular formula is C21H18ClNO5S. The lowest BCUT2D eigenvalue weighted by molar-refractivity contribution is 0.00694. The van der Waals surface area contributed by atoms with Gasteiger partial charge < -0.3 is 15.2 Å². The summed E-state index contributed by atoms with van der Waals surface area (Å²) in [7, 11) is 0. The van der Waals surface area contributed by atoms with Crippen LogP contribution >= 0.6 is 22.9 Å². The average molecular weight is 432 g/mol. The van der Waals surface area contributed by atoms with Gasteiger partial charge in [0.2, 0.25) is 0 Å². The van der Waals surface area contributed by atoms with Crippen molar-refractivity contribution in [2.75, 3.05) is 5.32 Å². The van der Waals surface area contributed by atoms with Crippen LogP contribution in [0.2, 0.25) is 5.02 Å². The number of carbonyl (C=O) groups excluding carboxylic acids is 2. The number of anilines is 1. The Morgan fingerprint density at radius 1 is 1.07 bits per heavy atom. The van der Waals surface area contributed by atoms with E-state index in [9.17, 15) is 19.5 Å². The van der Waals surface area contributed by atoms with Crippen molar-refractivity contribution < 1.29 is 24.2 Å². The Bertz CT molecular complexity index is 1130. The summed E-state index contributed by atoms with van der Waals surface area (Å²) in [5.41, 5.74) is -0.711. The minimum atomic E-state index is -1.23. The van der Waals surface area contributed by atoms with Crippen LogP contribution in [-0.2, 0) is 4.74 Å². The third-order valence-electron chi connectivity index (χ3n) is 3.81. The number of hydrogen-bond acceptors (Lipinski definition) is 5. The molecule has 6 nitrogen and oxygen atoms in total. The molecule has 3 rings (SSSR count). The lowest BCUT2D eigenvalue weighted by atomic mass is 10.1.